The monoisotopic (exact) mass is 455 g/mol. The van der Waals surface area contributed by atoms with E-state index in [1.807, 2.05) is 19.2 Å². The number of ether oxygens (including phenoxy) is 1. The summed E-state index contributed by atoms with van der Waals surface area (Å²) >= 11 is 0. The molecule has 6 heteroatoms. The minimum absolute atomic E-state index is 0. The molecule has 0 spiro atoms. The molecule has 1 aliphatic carbocycles. The van der Waals surface area contributed by atoms with Crippen molar-refractivity contribution in [2.75, 3.05) is 20.2 Å². The lowest BCUT2D eigenvalue weighted by Gasteiger charge is -2.12. The molecule has 5 nitrogen and oxygen atoms in total. The maximum absolute atomic E-state index is 5.57. The summed E-state index contributed by atoms with van der Waals surface area (Å²) in [6.45, 7) is 2.06. The van der Waals surface area contributed by atoms with E-state index in [0.717, 1.165) is 31.1 Å². The van der Waals surface area contributed by atoms with Gasteiger partial charge in [-0.3, -0.25) is 4.99 Å². The van der Waals surface area contributed by atoms with Gasteiger partial charge >= 0.3 is 0 Å². The molecule has 0 radical (unpaired) electrons. The molecular weight excluding hydrogens is 429 g/mol. The summed E-state index contributed by atoms with van der Waals surface area (Å²) in [5, 5.41) is 6.83. The van der Waals surface area contributed by atoms with Crippen LogP contribution in [0.1, 0.15) is 30.1 Å². The maximum Gasteiger partial charge on any atom is 0.191 e. The number of aliphatic imine (C=N–C) groups is 1. The van der Waals surface area contributed by atoms with Gasteiger partial charge in [-0.2, -0.15) is 0 Å². The van der Waals surface area contributed by atoms with Crippen molar-refractivity contribution in [2.45, 2.75) is 31.4 Å². The lowest BCUT2D eigenvalue weighted by atomic mass is 10.1. The van der Waals surface area contributed by atoms with Gasteiger partial charge in [0.2, 0.25) is 0 Å². The van der Waals surface area contributed by atoms with Crippen LogP contribution in [0.2, 0.25) is 0 Å². The number of halogens is 1. The lowest BCUT2D eigenvalue weighted by Crippen LogP contribution is -2.39. The number of benzene rings is 1. The summed E-state index contributed by atoms with van der Waals surface area (Å²) in [5.41, 5.74) is 1.40. The van der Waals surface area contributed by atoms with Gasteiger partial charge in [0.25, 0.3) is 0 Å². The van der Waals surface area contributed by atoms with E-state index in [9.17, 15) is 0 Å². The second kappa shape index (κ2) is 10.5. The second-order valence-electron chi connectivity index (χ2n) is 5.99. The maximum atomic E-state index is 5.57. The minimum Gasteiger partial charge on any atom is -0.467 e. The van der Waals surface area contributed by atoms with E-state index in [1.54, 1.807) is 6.26 Å². The quantitative estimate of drug-likeness (QED) is 0.277. The van der Waals surface area contributed by atoms with Crippen molar-refractivity contribution >= 4 is 29.9 Å². The number of nitrogens with one attached hydrogen (secondary N) is 2. The molecular formula is C19H26IN3O2. The zero-order valence-corrected chi connectivity index (χ0v) is 16.8. The van der Waals surface area contributed by atoms with Gasteiger partial charge in [0, 0.05) is 32.2 Å². The molecule has 0 amide bonds. The highest BCUT2D eigenvalue weighted by Gasteiger charge is 2.38. The van der Waals surface area contributed by atoms with E-state index < -0.39 is 0 Å². The van der Waals surface area contributed by atoms with E-state index in [2.05, 4.69) is 46.0 Å². The minimum atomic E-state index is 0. The van der Waals surface area contributed by atoms with Gasteiger partial charge < -0.3 is 19.8 Å². The second-order valence-corrected chi connectivity index (χ2v) is 5.99. The smallest absolute Gasteiger partial charge is 0.191 e. The molecule has 0 bridgehead atoms. The van der Waals surface area contributed by atoms with Gasteiger partial charge in [-0.15, -0.1) is 24.0 Å². The molecule has 1 aromatic carbocycles. The fourth-order valence-electron chi connectivity index (χ4n) is 2.74. The number of rotatable bonds is 8. The highest BCUT2D eigenvalue weighted by atomic mass is 127. The lowest BCUT2D eigenvalue weighted by molar-refractivity contribution is 0.105. The summed E-state index contributed by atoms with van der Waals surface area (Å²) in [4.78, 5) is 4.29. The zero-order chi connectivity index (χ0) is 16.6. The molecule has 1 aliphatic rings. The predicted octanol–water partition coefficient (Wildman–Crippen LogP) is 3.53. The topological polar surface area (TPSA) is 58.8 Å². The summed E-state index contributed by atoms with van der Waals surface area (Å²) < 4.78 is 10.8. The fraction of sp³-hybridized carbons (Fsp3) is 0.421. The molecule has 2 aromatic rings. The summed E-state index contributed by atoms with van der Waals surface area (Å²) in [6, 6.07) is 14.9. The van der Waals surface area contributed by atoms with Crippen LogP contribution in [0.15, 0.2) is 58.1 Å². The molecule has 1 fully saturated rings. The van der Waals surface area contributed by atoms with Crippen LogP contribution >= 0.6 is 24.0 Å². The Kier molecular flexibility index (Phi) is 8.27. The number of nitrogens with zero attached hydrogens (tertiary/aromatic N) is 1. The van der Waals surface area contributed by atoms with Crippen molar-refractivity contribution < 1.29 is 9.15 Å². The van der Waals surface area contributed by atoms with E-state index in [0.29, 0.717) is 25.2 Å². The van der Waals surface area contributed by atoms with E-state index in [1.165, 1.54) is 5.56 Å². The van der Waals surface area contributed by atoms with Gasteiger partial charge in [0.1, 0.15) is 12.4 Å². The van der Waals surface area contributed by atoms with E-state index in [-0.39, 0.29) is 24.0 Å². The third kappa shape index (κ3) is 6.36. The SMILES string of the molecule is CN=C(NCCCOCc1ccco1)NC1CC1c1ccccc1.I. The Labute approximate surface area is 166 Å². The molecule has 2 unspecified atom stereocenters. The molecule has 1 aromatic heterocycles. The van der Waals surface area contributed by atoms with Crippen LogP contribution in [0.25, 0.3) is 0 Å². The molecule has 1 heterocycles. The van der Waals surface area contributed by atoms with Gasteiger partial charge in [-0.05, 0) is 30.5 Å². The fourth-order valence-corrected chi connectivity index (χ4v) is 2.74. The van der Waals surface area contributed by atoms with Gasteiger partial charge in [0.15, 0.2) is 5.96 Å². The predicted molar refractivity (Wildman–Crippen MR) is 110 cm³/mol. The Morgan fingerprint density at radius 1 is 1.24 bits per heavy atom. The van der Waals surface area contributed by atoms with Crippen molar-refractivity contribution in [3.63, 3.8) is 0 Å². The van der Waals surface area contributed by atoms with Crippen molar-refractivity contribution in [3.8, 4) is 0 Å². The van der Waals surface area contributed by atoms with E-state index in [4.69, 9.17) is 9.15 Å². The van der Waals surface area contributed by atoms with Crippen LogP contribution in [0.4, 0.5) is 0 Å². The molecule has 2 N–H and O–H groups in total. The highest BCUT2D eigenvalue weighted by Crippen LogP contribution is 2.40. The van der Waals surface area contributed by atoms with Crippen molar-refractivity contribution in [1.82, 2.24) is 10.6 Å². The standard InChI is InChI=1S/C19H25N3O2.HI/c1-20-19(21-10-6-11-23-14-16-9-5-12-24-16)22-18-13-17(18)15-7-3-2-4-8-15;/h2-5,7-9,12,17-18H,6,10-11,13-14H2,1H3,(H2,20,21,22);1H. The Morgan fingerprint density at radius 2 is 2.08 bits per heavy atom. The molecule has 25 heavy (non-hydrogen) atoms. The average Bonchev–Trinajstić information content (AvgIpc) is 3.19. The number of furan rings is 1. The third-order valence-electron chi connectivity index (χ3n) is 4.15. The Hall–Kier alpha value is -1.54. The molecule has 0 aliphatic heterocycles. The molecule has 0 saturated heterocycles. The molecule has 136 valence electrons. The Bertz CT molecular complexity index is 631. The first kappa shape index (κ1) is 19.8. The van der Waals surface area contributed by atoms with Gasteiger partial charge in [-0.25, -0.2) is 0 Å². The van der Waals surface area contributed by atoms with Crippen LogP contribution in [0, 0.1) is 0 Å². The molecule has 2 atom stereocenters. The number of hydrogen-bond donors (Lipinski definition) is 2. The van der Waals surface area contributed by atoms with Crippen molar-refractivity contribution in [1.29, 1.82) is 0 Å². The normalized spacial score (nSPS) is 19.2. The van der Waals surface area contributed by atoms with Gasteiger partial charge in [0.05, 0.1) is 6.26 Å². The van der Waals surface area contributed by atoms with Crippen molar-refractivity contribution in [3.05, 3.63) is 60.1 Å². The summed E-state index contributed by atoms with van der Waals surface area (Å²) in [7, 11) is 1.81. The first-order chi connectivity index (χ1) is 11.9. The highest BCUT2D eigenvalue weighted by molar-refractivity contribution is 14.0. The Morgan fingerprint density at radius 3 is 2.80 bits per heavy atom. The summed E-state index contributed by atoms with van der Waals surface area (Å²) in [6.07, 6.45) is 3.75. The summed E-state index contributed by atoms with van der Waals surface area (Å²) in [5.74, 6) is 2.33. The molecule has 1 saturated carbocycles. The van der Waals surface area contributed by atoms with E-state index >= 15 is 0 Å². The third-order valence-corrected chi connectivity index (χ3v) is 4.15. The molecule has 3 rings (SSSR count). The zero-order valence-electron chi connectivity index (χ0n) is 14.5. The van der Waals surface area contributed by atoms with Crippen LogP contribution < -0.4 is 10.6 Å². The number of guanidine groups is 1. The average molecular weight is 455 g/mol. The Balaban J connectivity index is 0.00000225. The van der Waals surface area contributed by atoms with Crippen LogP contribution in [-0.4, -0.2) is 32.2 Å². The van der Waals surface area contributed by atoms with Crippen LogP contribution in [0.5, 0.6) is 0 Å². The number of hydrogen-bond acceptors (Lipinski definition) is 3. The van der Waals surface area contributed by atoms with Gasteiger partial charge in [-0.1, -0.05) is 30.3 Å². The first-order valence-electron chi connectivity index (χ1n) is 8.49. The largest absolute Gasteiger partial charge is 0.467 e. The first-order valence-corrected chi connectivity index (χ1v) is 8.49. The van der Waals surface area contributed by atoms with Crippen molar-refractivity contribution in [2.24, 2.45) is 4.99 Å². The van der Waals surface area contributed by atoms with Crippen LogP contribution in [0.3, 0.4) is 0 Å². The van der Waals surface area contributed by atoms with Crippen LogP contribution in [-0.2, 0) is 11.3 Å².